The lowest BCUT2D eigenvalue weighted by molar-refractivity contribution is 0.0934. The normalized spacial score (nSPS) is 13.8. The van der Waals surface area contributed by atoms with E-state index in [1.165, 1.54) is 6.26 Å². The standard InChI is InChI=1S/C17H20N2O4.ClH/c1-2-14(19-17(20)12-7-13(9-18)23-10-12)11-3-4-15-16(8-11)22-6-5-21-15;/h3-4,7-8,10,14H,2,5-6,9,18H2,1H3,(H,19,20);1H. The van der Waals surface area contributed by atoms with Crippen molar-refractivity contribution in [1.82, 2.24) is 5.32 Å². The number of furan rings is 1. The molecule has 3 rings (SSSR count). The smallest absolute Gasteiger partial charge is 0.255 e. The molecule has 7 heteroatoms. The van der Waals surface area contributed by atoms with Crippen LogP contribution >= 0.6 is 12.4 Å². The molecule has 6 nitrogen and oxygen atoms in total. The summed E-state index contributed by atoms with van der Waals surface area (Å²) < 4.78 is 16.3. The highest BCUT2D eigenvalue weighted by atomic mass is 35.5. The van der Waals surface area contributed by atoms with Crippen molar-refractivity contribution in [3.8, 4) is 11.5 Å². The maximum atomic E-state index is 12.3. The number of fused-ring (bicyclic) bond motifs is 1. The summed E-state index contributed by atoms with van der Waals surface area (Å²) in [6.45, 7) is 3.38. The van der Waals surface area contributed by atoms with Crippen molar-refractivity contribution in [2.45, 2.75) is 25.9 Å². The monoisotopic (exact) mass is 352 g/mol. The fourth-order valence-corrected chi connectivity index (χ4v) is 2.55. The predicted molar refractivity (Wildman–Crippen MR) is 91.8 cm³/mol. The quantitative estimate of drug-likeness (QED) is 0.864. The molecule has 1 amide bonds. The number of hydrogen-bond donors (Lipinski definition) is 2. The fourth-order valence-electron chi connectivity index (χ4n) is 2.55. The topological polar surface area (TPSA) is 86.7 Å². The van der Waals surface area contributed by atoms with Gasteiger partial charge in [0.05, 0.1) is 18.2 Å². The lowest BCUT2D eigenvalue weighted by Crippen LogP contribution is -2.28. The maximum absolute atomic E-state index is 12.3. The van der Waals surface area contributed by atoms with Crippen molar-refractivity contribution in [2.24, 2.45) is 5.73 Å². The van der Waals surface area contributed by atoms with Gasteiger partial charge in [-0.05, 0) is 30.2 Å². The molecule has 1 aliphatic heterocycles. The van der Waals surface area contributed by atoms with Gasteiger partial charge in [-0.15, -0.1) is 12.4 Å². The Morgan fingerprint density at radius 3 is 2.67 bits per heavy atom. The number of ether oxygens (including phenoxy) is 2. The molecule has 1 aliphatic rings. The van der Waals surface area contributed by atoms with Crippen molar-refractivity contribution in [2.75, 3.05) is 13.2 Å². The second-order valence-electron chi connectivity index (χ2n) is 5.34. The molecule has 0 saturated carbocycles. The van der Waals surface area contributed by atoms with Crippen molar-refractivity contribution in [3.63, 3.8) is 0 Å². The zero-order valence-corrected chi connectivity index (χ0v) is 14.2. The Kier molecular flexibility index (Phi) is 6.11. The molecule has 0 spiro atoms. The lowest BCUT2D eigenvalue weighted by atomic mass is 10.0. The summed E-state index contributed by atoms with van der Waals surface area (Å²) in [4.78, 5) is 12.3. The van der Waals surface area contributed by atoms with E-state index in [9.17, 15) is 4.79 Å². The number of hydrogen-bond acceptors (Lipinski definition) is 5. The van der Waals surface area contributed by atoms with Gasteiger partial charge in [-0.3, -0.25) is 4.79 Å². The summed E-state index contributed by atoms with van der Waals surface area (Å²) in [6.07, 6.45) is 2.18. The van der Waals surface area contributed by atoms with E-state index in [1.807, 2.05) is 25.1 Å². The van der Waals surface area contributed by atoms with Crippen LogP contribution in [0.15, 0.2) is 34.9 Å². The molecular formula is C17H21ClN2O4. The molecular weight excluding hydrogens is 332 g/mol. The Morgan fingerprint density at radius 2 is 2.00 bits per heavy atom. The van der Waals surface area contributed by atoms with Crippen LogP contribution in [0.3, 0.4) is 0 Å². The molecule has 2 heterocycles. The first-order valence-corrected chi connectivity index (χ1v) is 7.69. The van der Waals surface area contributed by atoms with Gasteiger partial charge in [0.15, 0.2) is 11.5 Å². The van der Waals surface area contributed by atoms with Crippen LogP contribution in [0.25, 0.3) is 0 Å². The molecule has 0 radical (unpaired) electrons. The predicted octanol–water partition coefficient (Wildman–Crippen LogP) is 2.81. The Bertz CT molecular complexity index is 702. The van der Waals surface area contributed by atoms with Gasteiger partial charge < -0.3 is 24.9 Å². The van der Waals surface area contributed by atoms with Gasteiger partial charge in [-0.1, -0.05) is 13.0 Å². The Labute approximate surface area is 146 Å². The van der Waals surface area contributed by atoms with Crippen molar-refractivity contribution >= 4 is 18.3 Å². The summed E-state index contributed by atoms with van der Waals surface area (Å²) in [5.74, 6) is 1.86. The SMILES string of the molecule is CCC(NC(=O)c1coc(CN)c1)c1ccc2c(c1)OCCO2.Cl. The Morgan fingerprint density at radius 1 is 1.25 bits per heavy atom. The summed E-state index contributed by atoms with van der Waals surface area (Å²) in [5.41, 5.74) is 6.95. The van der Waals surface area contributed by atoms with Crippen LogP contribution < -0.4 is 20.5 Å². The van der Waals surface area contributed by atoms with Crippen LogP contribution in [0.2, 0.25) is 0 Å². The van der Waals surface area contributed by atoms with E-state index in [2.05, 4.69) is 5.32 Å². The number of halogens is 1. The first kappa shape index (κ1) is 18.2. The molecule has 1 unspecified atom stereocenters. The number of nitrogens with one attached hydrogen (secondary N) is 1. The number of benzene rings is 1. The van der Waals surface area contributed by atoms with Crippen LogP contribution in [-0.4, -0.2) is 19.1 Å². The lowest BCUT2D eigenvalue weighted by Gasteiger charge is -2.22. The number of amides is 1. The molecule has 3 N–H and O–H groups in total. The molecule has 1 atom stereocenters. The van der Waals surface area contributed by atoms with E-state index < -0.39 is 0 Å². The third-order valence-corrected chi connectivity index (χ3v) is 3.80. The number of rotatable bonds is 5. The summed E-state index contributed by atoms with van der Waals surface area (Å²) >= 11 is 0. The zero-order valence-electron chi connectivity index (χ0n) is 13.4. The third kappa shape index (κ3) is 3.83. The van der Waals surface area contributed by atoms with E-state index in [4.69, 9.17) is 19.6 Å². The minimum atomic E-state index is -0.185. The van der Waals surface area contributed by atoms with Gasteiger partial charge in [0.2, 0.25) is 0 Å². The minimum absolute atomic E-state index is 0. The summed E-state index contributed by atoms with van der Waals surface area (Å²) in [5, 5.41) is 3.01. The van der Waals surface area contributed by atoms with Crippen LogP contribution in [0.5, 0.6) is 11.5 Å². The highest BCUT2D eigenvalue weighted by Gasteiger charge is 2.19. The zero-order chi connectivity index (χ0) is 16.2. The average Bonchev–Trinajstić information content (AvgIpc) is 3.08. The van der Waals surface area contributed by atoms with Crippen molar-refractivity contribution < 1.29 is 18.7 Å². The maximum Gasteiger partial charge on any atom is 0.255 e. The largest absolute Gasteiger partial charge is 0.486 e. The minimum Gasteiger partial charge on any atom is -0.486 e. The van der Waals surface area contributed by atoms with Gasteiger partial charge in [0.1, 0.15) is 25.2 Å². The molecule has 24 heavy (non-hydrogen) atoms. The van der Waals surface area contributed by atoms with E-state index >= 15 is 0 Å². The van der Waals surface area contributed by atoms with Crippen LogP contribution in [0, 0.1) is 0 Å². The Balaban J connectivity index is 0.00000208. The van der Waals surface area contributed by atoms with Gasteiger partial charge >= 0.3 is 0 Å². The second-order valence-corrected chi connectivity index (χ2v) is 5.34. The van der Waals surface area contributed by atoms with Crippen molar-refractivity contribution in [1.29, 1.82) is 0 Å². The van der Waals surface area contributed by atoms with Gasteiger partial charge in [-0.2, -0.15) is 0 Å². The summed E-state index contributed by atoms with van der Waals surface area (Å²) in [6, 6.07) is 7.29. The fraction of sp³-hybridized carbons (Fsp3) is 0.353. The molecule has 0 aliphatic carbocycles. The first-order chi connectivity index (χ1) is 11.2. The van der Waals surface area contributed by atoms with Crippen LogP contribution in [-0.2, 0) is 6.54 Å². The summed E-state index contributed by atoms with van der Waals surface area (Å²) in [7, 11) is 0. The molecule has 0 saturated heterocycles. The van der Waals surface area contributed by atoms with E-state index in [0.717, 1.165) is 23.5 Å². The van der Waals surface area contributed by atoms with Crippen molar-refractivity contribution in [3.05, 3.63) is 47.4 Å². The molecule has 1 aromatic carbocycles. The van der Waals surface area contributed by atoms with Gasteiger partial charge in [0.25, 0.3) is 5.91 Å². The number of nitrogens with two attached hydrogens (primary N) is 1. The highest BCUT2D eigenvalue weighted by molar-refractivity contribution is 5.94. The van der Waals surface area contributed by atoms with Crippen LogP contribution in [0.4, 0.5) is 0 Å². The van der Waals surface area contributed by atoms with E-state index in [-0.39, 0.29) is 30.9 Å². The number of carbonyl (C=O) groups is 1. The van der Waals surface area contributed by atoms with E-state index in [1.54, 1.807) is 6.07 Å². The third-order valence-electron chi connectivity index (χ3n) is 3.80. The van der Waals surface area contributed by atoms with Gasteiger partial charge in [-0.25, -0.2) is 0 Å². The van der Waals surface area contributed by atoms with Gasteiger partial charge in [0, 0.05) is 0 Å². The molecule has 2 aromatic rings. The van der Waals surface area contributed by atoms with E-state index in [0.29, 0.717) is 24.5 Å². The molecule has 0 fully saturated rings. The average molecular weight is 353 g/mol. The highest BCUT2D eigenvalue weighted by Crippen LogP contribution is 2.33. The number of carbonyl (C=O) groups excluding carboxylic acids is 1. The second kappa shape index (κ2) is 8.08. The molecule has 0 bridgehead atoms. The molecule has 1 aromatic heterocycles. The molecule has 130 valence electrons. The van der Waals surface area contributed by atoms with Crippen LogP contribution in [0.1, 0.15) is 41.1 Å². The Hall–Kier alpha value is -2.18. The first-order valence-electron chi connectivity index (χ1n) is 7.69.